The molecule has 0 radical (unpaired) electrons. The molecule has 0 amide bonds. The summed E-state index contributed by atoms with van der Waals surface area (Å²) in [6, 6.07) is 12.5. The molecule has 6 rings (SSSR count). The minimum Gasteiger partial charge on any atom is -0.474 e. The molecule has 12 heteroatoms. The summed E-state index contributed by atoms with van der Waals surface area (Å²) in [6.45, 7) is 2.78. The quantitative estimate of drug-likeness (QED) is 0.291. The predicted octanol–water partition coefficient (Wildman–Crippen LogP) is 4.03. The van der Waals surface area contributed by atoms with Gasteiger partial charge in [-0.25, -0.2) is 13.8 Å². The second kappa shape index (κ2) is 12.4. The van der Waals surface area contributed by atoms with Crippen molar-refractivity contribution in [3.8, 4) is 11.7 Å². The van der Waals surface area contributed by atoms with E-state index in [0.29, 0.717) is 55.7 Å². The lowest BCUT2D eigenvalue weighted by Gasteiger charge is -2.32. The van der Waals surface area contributed by atoms with Crippen LogP contribution < -0.4 is 15.0 Å². The molecule has 1 aromatic carbocycles. The van der Waals surface area contributed by atoms with E-state index in [1.165, 1.54) is 4.57 Å². The number of aliphatic hydroxyl groups excluding tert-OH is 1. The summed E-state index contributed by atoms with van der Waals surface area (Å²) in [5.74, 6) is 0.735. The van der Waals surface area contributed by atoms with Crippen molar-refractivity contribution in [2.75, 3.05) is 31.2 Å². The third-order valence-corrected chi connectivity index (χ3v) is 7.67. The minimum atomic E-state index is -2.79. The largest absolute Gasteiger partial charge is 0.474 e. The van der Waals surface area contributed by atoms with Gasteiger partial charge in [0.15, 0.2) is 5.82 Å². The van der Waals surface area contributed by atoms with Crippen molar-refractivity contribution in [3.05, 3.63) is 66.2 Å². The fraction of sp³-hybridized carbons (Fsp3) is 0.448. The number of fused-ring (bicyclic) bond motifs is 1. The second-order valence-electron chi connectivity index (χ2n) is 10.4. The van der Waals surface area contributed by atoms with Crippen LogP contribution in [0.2, 0.25) is 0 Å². The molecular weight excluding hydrogens is 532 g/mol. The molecule has 1 saturated carbocycles. The van der Waals surface area contributed by atoms with E-state index in [0.717, 1.165) is 31.2 Å². The number of hydrogen-bond acceptors (Lipinski definition) is 9. The van der Waals surface area contributed by atoms with Gasteiger partial charge in [-0.3, -0.25) is 14.9 Å². The molecule has 0 bridgehead atoms. The first-order valence-electron chi connectivity index (χ1n) is 14.0. The number of nitrogens with one attached hydrogen (secondary N) is 1. The zero-order valence-corrected chi connectivity index (χ0v) is 22.6. The number of nitrogens with zero attached hydrogens (tertiary/aromatic N) is 6. The van der Waals surface area contributed by atoms with E-state index in [4.69, 9.17) is 9.47 Å². The molecule has 2 aliphatic rings. The molecule has 4 aromatic rings. The van der Waals surface area contributed by atoms with Crippen LogP contribution in [0.3, 0.4) is 0 Å². The Labute approximate surface area is 236 Å². The molecule has 1 aliphatic heterocycles. The molecule has 10 nitrogen and oxygen atoms in total. The average molecular weight is 566 g/mol. The van der Waals surface area contributed by atoms with Gasteiger partial charge >= 0.3 is 0 Å². The Morgan fingerprint density at radius 1 is 1.02 bits per heavy atom. The summed E-state index contributed by atoms with van der Waals surface area (Å²) in [5, 5.41) is 13.9. The number of anilines is 1. The van der Waals surface area contributed by atoms with Crippen molar-refractivity contribution in [1.29, 1.82) is 0 Å². The predicted molar refractivity (Wildman–Crippen MR) is 148 cm³/mol. The van der Waals surface area contributed by atoms with Gasteiger partial charge in [-0.1, -0.05) is 18.2 Å². The zero-order chi connectivity index (χ0) is 28.2. The summed E-state index contributed by atoms with van der Waals surface area (Å²) >= 11 is 0. The Bertz CT molecular complexity index is 1440. The smallest absolute Gasteiger partial charge is 0.296 e. The van der Waals surface area contributed by atoms with Gasteiger partial charge in [0.05, 0.1) is 24.2 Å². The van der Waals surface area contributed by atoms with Gasteiger partial charge in [0.1, 0.15) is 18.1 Å². The van der Waals surface area contributed by atoms with E-state index in [2.05, 4.69) is 25.3 Å². The summed E-state index contributed by atoms with van der Waals surface area (Å²) in [5.41, 5.74) is 2.01. The number of benzene rings is 1. The maximum Gasteiger partial charge on any atom is 0.296 e. The number of alkyl halides is 2. The molecule has 41 heavy (non-hydrogen) atoms. The Kier molecular flexibility index (Phi) is 8.31. The number of aromatic nitrogens is 5. The molecule has 2 fully saturated rings. The summed E-state index contributed by atoms with van der Waals surface area (Å²) in [4.78, 5) is 19.6. The van der Waals surface area contributed by atoms with Gasteiger partial charge in [-0.05, 0) is 55.4 Å². The lowest BCUT2D eigenvalue weighted by atomic mass is 9.86. The molecule has 216 valence electrons. The number of pyridine rings is 1. The van der Waals surface area contributed by atoms with Crippen molar-refractivity contribution in [2.45, 2.75) is 51.0 Å². The van der Waals surface area contributed by atoms with Crippen molar-refractivity contribution in [3.63, 3.8) is 0 Å². The Morgan fingerprint density at radius 2 is 1.83 bits per heavy atom. The van der Waals surface area contributed by atoms with E-state index in [1.807, 2.05) is 17.0 Å². The fourth-order valence-electron chi connectivity index (χ4n) is 5.50. The van der Waals surface area contributed by atoms with E-state index >= 15 is 0 Å². The lowest BCUT2D eigenvalue weighted by molar-refractivity contribution is 0.0278. The van der Waals surface area contributed by atoms with Crippen LogP contribution in [0, 0.1) is 5.92 Å². The van der Waals surface area contributed by atoms with Crippen molar-refractivity contribution >= 4 is 17.0 Å². The maximum absolute atomic E-state index is 14.1. The molecule has 4 heterocycles. The fourth-order valence-corrected chi connectivity index (χ4v) is 5.50. The molecule has 1 saturated heterocycles. The molecule has 1 atom stereocenters. The van der Waals surface area contributed by atoms with Crippen LogP contribution in [-0.2, 0) is 11.3 Å². The third-order valence-electron chi connectivity index (χ3n) is 7.67. The van der Waals surface area contributed by atoms with Crippen LogP contribution in [0.5, 0.6) is 5.88 Å². The average Bonchev–Trinajstić information content (AvgIpc) is 3.41. The van der Waals surface area contributed by atoms with Gasteiger partial charge in [-0.2, -0.15) is 9.97 Å². The first kappa shape index (κ1) is 27.4. The summed E-state index contributed by atoms with van der Waals surface area (Å²) in [6.07, 6.45) is 3.00. The SMILES string of the molecule is OC(NCc1cccnc1)C1CCC(Oc2cc(-n3c(C(F)F)nc4ccccc43)nc(N3CCOCC3)n2)CC1. The van der Waals surface area contributed by atoms with E-state index in [-0.39, 0.29) is 23.7 Å². The van der Waals surface area contributed by atoms with Gasteiger partial charge in [0.2, 0.25) is 11.8 Å². The number of halogens is 2. The topological polar surface area (TPSA) is 110 Å². The van der Waals surface area contributed by atoms with Crippen molar-refractivity contribution < 1.29 is 23.4 Å². The van der Waals surface area contributed by atoms with Gasteiger partial charge in [0.25, 0.3) is 6.43 Å². The van der Waals surface area contributed by atoms with Gasteiger partial charge < -0.3 is 19.5 Å². The first-order valence-corrected chi connectivity index (χ1v) is 14.0. The molecule has 1 unspecified atom stereocenters. The van der Waals surface area contributed by atoms with Gasteiger partial charge in [0, 0.05) is 38.1 Å². The highest BCUT2D eigenvalue weighted by molar-refractivity contribution is 5.78. The maximum atomic E-state index is 14.1. The molecule has 3 aromatic heterocycles. The van der Waals surface area contributed by atoms with Crippen LogP contribution in [0.15, 0.2) is 54.9 Å². The van der Waals surface area contributed by atoms with E-state index < -0.39 is 12.7 Å². The minimum absolute atomic E-state index is 0.0994. The van der Waals surface area contributed by atoms with E-state index in [1.54, 1.807) is 42.7 Å². The van der Waals surface area contributed by atoms with Crippen LogP contribution in [0.4, 0.5) is 14.7 Å². The number of imidazole rings is 1. The van der Waals surface area contributed by atoms with Crippen molar-refractivity contribution in [2.24, 2.45) is 5.92 Å². The normalized spacial score (nSPS) is 20.4. The van der Waals surface area contributed by atoms with Crippen LogP contribution in [0.25, 0.3) is 16.9 Å². The molecular formula is C29H33F2N7O3. The number of hydrogen-bond donors (Lipinski definition) is 2. The van der Waals surface area contributed by atoms with Crippen LogP contribution in [0.1, 0.15) is 43.5 Å². The Morgan fingerprint density at radius 3 is 2.59 bits per heavy atom. The zero-order valence-electron chi connectivity index (χ0n) is 22.6. The highest BCUT2D eigenvalue weighted by Gasteiger charge is 2.29. The van der Waals surface area contributed by atoms with E-state index in [9.17, 15) is 13.9 Å². The summed E-state index contributed by atoms with van der Waals surface area (Å²) in [7, 11) is 0. The third kappa shape index (κ3) is 6.29. The number of morpholine rings is 1. The van der Waals surface area contributed by atoms with Gasteiger partial charge in [-0.15, -0.1) is 0 Å². The lowest BCUT2D eigenvalue weighted by Crippen LogP contribution is -2.39. The standard InChI is InChI=1S/C29H33F2N7O3/c30-26(31)27-34-22-5-1-2-6-23(22)38(27)24-16-25(36-29(35-24)37-12-14-40-15-13-37)41-21-9-7-20(8-10-21)28(39)33-18-19-4-3-11-32-17-19/h1-6,11,16-17,20-21,26,28,33,39H,7-10,12-15,18H2. The Balaban J connectivity index is 1.20. The molecule has 1 aliphatic carbocycles. The van der Waals surface area contributed by atoms with Crippen LogP contribution >= 0.6 is 0 Å². The van der Waals surface area contributed by atoms with Crippen LogP contribution in [-0.4, -0.2) is 68.2 Å². The number of para-hydroxylation sites is 2. The number of aliphatic hydroxyl groups is 1. The Hall–Kier alpha value is -3.74. The number of rotatable bonds is 9. The second-order valence-corrected chi connectivity index (χ2v) is 10.4. The molecule has 0 spiro atoms. The first-order chi connectivity index (χ1) is 20.0. The summed E-state index contributed by atoms with van der Waals surface area (Å²) < 4.78 is 41.5. The molecule has 2 N–H and O–H groups in total. The van der Waals surface area contributed by atoms with Crippen molar-refractivity contribution in [1.82, 2.24) is 29.8 Å². The monoisotopic (exact) mass is 565 g/mol. The number of ether oxygens (including phenoxy) is 2. The highest BCUT2D eigenvalue weighted by atomic mass is 19.3. The highest BCUT2D eigenvalue weighted by Crippen LogP contribution is 2.32.